The molecule has 0 atom stereocenters. The van der Waals surface area contributed by atoms with Crippen molar-refractivity contribution in [3.8, 4) is 0 Å². The van der Waals surface area contributed by atoms with Crippen LogP contribution < -0.4 is 16.0 Å². The van der Waals surface area contributed by atoms with Crippen LogP contribution >= 0.6 is 24.0 Å². The molecule has 3 N–H and O–H groups in total. The quantitative estimate of drug-likeness (QED) is 0.176. The SMILES string of the molecule is CCNC(=NCCCOCC(C)C)NCCNC(=O)Cc1cccc(F)c1.I. The van der Waals surface area contributed by atoms with Crippen molar-refractivity contribution in [2.24, 2.45) is 10.9 Å². The molecule has 6 nitrogen and oxygen atoms in total. The Hall–Kier alpha value is -1.42. The van der Waals surface area contributed by atoms with E-state index in [0.717, 1.165) is 25.5 Å². The van der Waals surface area contributed by atoms with Crippen molar-refractivity contribution in [2.45, 2.75) is 33.6 Å². The number of hydrogen-bond acceptors (Lipinski definition) is 3. The van der Waals surface area contributed by atoms with Gasteiger partial charge < -0.3 is 20.7 Å². The van der Waals surface area contributed by atoms with Crippen LogP contribution in [0.1, 0.15) is 32.8 Å². The second kappa shape index (κ2) is 16.5. The third-order valence-corrected chi connectivity index (χ3v) is 3.51. The highest BCUT2D eigenvalue weighted by Crippen LogP contribution is 2.03. The molecule has 8 heteroatoms. The monoisotopic (exact) mass is 508 g/mol. The maximum absolute atomic E-state index is 13.1. The number of amides is 1. The van der Waals surface area contributed by atoms with Gasteiger partial charge in [0.25, 0.3) is 0 Å². The molecule has 0 spiro atoms. The zero-order valence-corrected chi connectivity index (χ0v) is 19.4. The van der Waals surface area contributed by atoms with Gasteiger partial charge in [-0.05, 0) is 37.0 Å². The van der Waals surface area contributed by atoms with E-state index in [1.54, 1.807) is 12.1 Å². The molecule has 0 fully saturated rings. The van der Waals surface area contributed by atoms with Crippen molar-refractivity contribution in [3.63, 3.8) is 0 Å². The molecule has 1 rings (SSSR count). The number of carbonyl (C=O) groups is 1. The van der Waals surface area contributed by atoms with Crippen LogP contribution in [0.3, 0.4) is 0 Å². The van der Waals surface area contributed by atoms with E-state index in [-0.39, 0.29) is 42.1 Å². The fourth-order valence-electron chi connectivity index (χ4n) is 2.30. The van der Waals surface area contributed by atoms with E-state index in [0.29, 0.717) is 37.7 Å². The average Bonchev–Trinajstić information content (AvgIpc) is 2.61. The fourth-order valence-corrected chi connectivity index (χ4v) is 2.30. The van der Waals surface area contributed by atoms with Crippen LogP contribution in [-0.2, 0) is 16.0 Å². The summed E-state index contributed by atoms with van der Waals surface area (Å²) in [6, 6.07) is 6.08. The van der Waals surface area contributed by atoms with Gasteiger partial charge in [-0.2, -0.15) is 0 Å². The van der Waals surface area contributed by atoms with Crippen LogP contribution in [0.4, 0.5) is 4.39 Å². The Morgan fingerprint density at radius 2 is 1.96 bits per heavy atom. The van der Waals surface area contributed by atoms with Gasteiger partial charge in [-0.3, -0.25) is 9.79 Å². The van der Waals surface area contributed by atoms with E-state index in [4.69, 9.17) is 4.74 Å². The zero-order valence-electron chi connectivity index (χ0n) is 17.1. The van der Waals surface area contributed by atoms with Gasteiger partial charge in [0.1, 0.15) is 5.82 Å². The van der Waals surface area contributed by atoms with Gasteiger partial charge >= 0.3 is 0 Å². The van der Waals surface area contributed by atoms with Gasteiger partial charge in [0.2, 0.25) is 5.91 Å². The average molecular weight is 508 g/mol. The second-order valence-corrected chi connectivity index (χ2v) is 6.67. The third-order valence-electron chi connectivity index (χ3n) is 3.51. The van der Waals surface area contributed by atoms with Crippen LogP contribution in [0.15, 0.2) is 29.3 Å². The molecule has 0 bridgehead atoms. The number of benzene rings is 1. The number of nitrogens with zero attached hydrogens (tertiary/aromatic N) is 1. The predicted octanol–water partition coefficient (Wildman–Crippen LogP) is 2.72. The number of nitrogens with one attached hydrogen (secondary N) is 3. The lowest BCUT2D eigenvalue weighted by molar-refractivity contribution is -0.120. The Labute approximate surface area is 185 Å². The molecular formula is C20H34FIN4O2. The number of halogens is 2. The van der Waals surface area contributed by atoms with Crippen LogP contribution in [0.5, 0.6) is 0 Å². The summed E-state index contributed by atoms with van der Waals surface area (Å²) in [6.45, 7) is 10.2. The molecule has 1 amide bonds. The van der Waals surface area contributed by atoms with Crippen LogP contribution in [0.2, 0.25) is 0 Å². The van der Waals surface area contributed by atoms with E-state index in [2.05, 4.69) is 34.8 Å². The summed E-state index contributed by atoms with van der Waals surface area (Å²) in [5.41, 5.74) is 0.662. The summed E-state index contributed by atoms with van der Waals surface area (Å²) in [6.07, 6.45) is 1.04. The molecule has 0 radical (unpaired) electrons. The van der Waals surface area contributed by atoms with Crippen LogP contribution in [-0.4, -0.2) is 51.3 Å². The Kier molecular flexibility index (Phi) is 15.7. The molecule has 0 saturated heterocycles. The van der Waals surface area contributed by atoms with Crippen molar-refractivity contribution >= 4 is 35.8 Å². The molecule has 0 saturated carbocycles. The summed E-state index contributed by atoms with van der Waals surface area (Å²) < 4.78 is 18.7. The topological polar surface area (TPSA) is 74.8 Å². The maximum atomic E-state index is 13.1. The van der Waals surface area contributed by atoms with E-state index < -0.39 is 0 Å². The minimum Gasteiger partial charge on any atom is -0.381 e. The van der Waals surface area contributed by atoms with Gasteiger partial charge in [-0.25, -0.2) is 4.39 Å². The standard InChI is InChI=1S/C20H33FN4O2.HI/c1-4-22-20(24-9-6-12-27-15-16(2)3)25-11-10-23-19(26)14-17-7-5-8-18(21)13-17;/h5,7-8,13,16H,4,6,9-12,14-15H2,1-3H3,(H,23,26)(H2,22,24,25);1H. The van der Waals surface area contributed by atoms with Gasteiger partial charge in [0.15, 0.2) is 5.96 Å². The Morgan fingerprint density at radius 1 is 1.21 bits per heavy atom. The number of guanidine groups is 1. The first kappa shape index (κ1) is 26.6. The summed E-state index contributed by atoms with van der Waals surface area (Å²) in [5, 5.41) is 9.17. The highest BCUT2D eigenvalue weighted by Gasteiger charge is 2.04. The molecule has 0 heterocycles. The third kappa shape index (κ3) is 13.7. The molecule has 0 aliphatic rings. The lowest BCUT2D eigenvalue weighted by Crippen LogP contribution is -2.41. The van der Waals surface area contributed by atoms with E-state index >= 15 is 0 Å². The van der Waals surface area contributed by atoms with Crippen LogP contribution in [0.25, 0.3) is 0 Å². The minimum atomic E-state index is -0.330. The predicted molar refractivity (Wildman–Crippen MR) is 123 cm³/mol. The van der Waals surface area contributed by atoms with Crippen molar-refractivity contribution < 1.29 is 13.9 Å². The Morgan fingerprint density at radius 3 is 2.64 bits per heavy atom. The lowest BCUT2D eigenvalue weighted by Gasteiger charge is -2.12. The Balaban J connectivity index is 0.00000729. The molecule has 0 unspecified atom stereocenters. The molecule has 0 aromatic heterocycles. The van der Waals surface area contributed by atoms with E-state index in [1.807, 2.05) is 6.92 Å². The number of hydrogen-bond donors (Lipinski definition) is 3. The zero-order chi connectivity index (χ0) is 19.9. The number of aliphatic imine (C=N–C) groups is 1. The summed E-state index contributed by atoms with van der Waals surface area (Å²) in [7, 11) is 0. The van der Waals surface area contributed by atoms with Gasteiger partial charge in [0, 0.05) is 39.4 Å². The number of rotatable bonds is 12. The molecular weight excluding hydrogens is 474 g/mol. The summed E-state index contributed by atoms with van der Waals surface area (Å²) in [4.78, 5) is 16.4. The molecule has 1 aromatic carbocycles. The first-order valence-corrected chi connectivity index (χ1v) is 9.62. The van der Waals surface area contributed by atoms with Gasteiger partial charge in [-0.15, -0.1) is 24.0 Å². The van der Waals surface area contributed by atoms with E-state index in [1.165, 1.54) is 12.1 Å². The highest BCUT2D eigenvalue weighted by molar-refractivity contribution is 14.0. The normalized spacial score (nSPS) is 11.1. The summed E-state index contributed by atoms with van der Waals surface area (Å²) in [5.74, 6) is 0.805. The van der Waals surface area contributed by atoms with Crippen molar-refractivity contribution in [1.29, 1.82) is 0 Å². The van der Waals surface area contributed by atoms with Crippen LogP contribution in [0, 0.1) is 11.7 Å². The summed E-state index contributed by atoms with van der Waals surface area (Å²) >= 11 is 0. The maximum Gasteiger partial charge on any atom is 0.224 e. The fraction of sp³-hybridized carbons (Fsp3) is 0.600. The molecule has 160 valence electrons. The highest BCUT2D eigenvalue weighted by atomic mass is 127. The van der Waals surface area contributed by atoms with Gasteiger partial charge in [0.05, 0.1) is 6.42 Å². The smallest absolute Gasteiger partial charge is 0.224 e. The first-order valence-electron chi connectivity index (χ1n) is 9.62. The van der Waals surface area contributed by atoms with Crippen molar-refractivity contribution in [1.82, 2.24) is 16.0 Å². The minimum absolute atomic E-state index is 0. The molecule has 28 heavy (non-hydrogen) atoms. The van der Waals surface area contributed by atoms with Crippen molar-refractivity contribution in [3.05, 3.63) is 35.6 Å². The molecule has 0 aliphatic heterocycles. The van der Waals surface area contributed by atoms with Crippen molar-refractivity contribution in [2.75, 3.05) is 39.4 Å². The Bertz CT molecular complexity index is 585. The second-order valence-electron chi connectivity index (χ2n) is 6.67. The van der Waals surface area contributed by atoms with Gasteiger partial charge in [-0.1, -0.05) is 26.0 Å². The van der Waals surface area contributed by atoms with E-state index in [9.17, 15) is 9.18 Å². The first-order chi connectivity index (χ1) is 13.0. The number of ether oxygens (including phenoxy) is 1. The largest absolute Gasteiger partial charge is 0.381 e. The number of carbonyl (C=O) groups excluding carboxylic acids is 1. The lowest BCUT2D eigenvalue weighted by atomic mass is 10.1. The molecule has 1 aromatic rings. The molecule has 0 aliphatic carbocycles.